The van der Waals surface area contributed by atoms with Crippen molar-refractivity contribution in [2.45, 2.75) is 31.9 Å². The lowest BCUT2D eigenvalue weighted by Gasteiger charge is -2.19. The third kappa shape index (κ3) is 6.95. The van der Waals surface area contributed by atoms with Gasteiger partial charge < -0.3 is 19.7 Å². The van der Waals surface area contributed by atoms with Gasteiger partial charge in [-0.25, -0.2) is 4.79 Å². The average Bonchev–Trinajstić information content (AvgIpc) is 3.14. The van der Waals surface area contributed by atoms with E-state index in [9.17, 15) is 18.0 Å². The van der Waals surface area contributed by atoms with E-state index < -0.39 is 17.7 Å². The Balaban J connectivity index is 1.33. The fraction of sp³-hybridized carbons (Fsp3) is 0.407. The number of para-hydroxylation sites is 1. The van der Waals surface area contributed by atoms with Gasteiger partial charge in [-0.05, 0) is 56.3 Å². The summed E-state index contributed by atoms with van der Waals surface area (Å²) in [4.78, 5) is 19.2. The monoisotopic (exact) mass is 501 g/mol. The highest BCUT2D eigenvalue weighted by Crippen LogP contribution is 2.33. The first kappa shape index (κ1) is 25.9. The summed E-state index contributed by atoms with van der Waals surface area (Å²) in [5, 5.41) is 3.65. The molecule has 1 aliphatic heterocycles. The highest BCUT2D eigenvalue weighted by Gasteiger charge is 2.30. The summed E-state index contributed by atoms with van der Waals surface area (Å²) in [5.74, 6) is -0.507. The summed E-state index contributed by atoms with van der Waals surface area (Å²) >= 11 is 0. The van der Waals surface area contributed by atoms with Crippen molar-refractivity contribution in [1.29, 1.82) is 0 Å². The number of aromatic nitrogens is 1. The molecule has 1 fully saturated rings. The van der Waals surface area contributed by atoms with Gasteiger partial charge in [0.05, 0.1) is 35.5 Å². The normalized spacial score (nSPS) is 15.0. The minimum atomic E-state index is -4.45. The molecular weight excluding hydrogens is 471 g/mol. The van der Waals surface area contributed by atoms with Crippen LogP contribution in [0.2, 0.25) is 0 Å². The van der Waals surface area contributed by atoms with Crippen LogP contribution < -0.4 is 5.32 Å². The maximum atomic E-state index is 13.1. The summed E-state index contributed by atoms with van der Waals surface area (Å²) in [6, 6.07) is 11.9. The van der Waals surface area contributed by atoms with E-state index in [1.807, 2.05) is 0 Å². The molecule has 9 heteroatoms. The van der Waals surface area contributed by atoms with E-state index in [0.717, 1.165) is 31.8 Å². The Morgan fingerprint density at radius 2 is 1.72 bits per heavy atom. The van der Waals surface area contributed by atoms with E-state index in [2.05, 4.69) is 15.2 Å². The Morgan fingerprint density at radius 1 is 0.944 bits per heavy atom. The summed E-state index contributed by atoms with van der Waals surface area (Å²) in [6.07, 6.45) is 2.02. The van der Waals surface area contributed by atoms with Crippen LogP contribution in [0.15, 0.2) is 54.7 Å². The first-order valence-corrected chi connectivity index (χ1v) is 12.2. The van der Waals surface area contributed by atoms with Crippen molar-refractivity contribution in [3.63, 3.8) is 0 Å². The molecule has 4 rings (SSSR count). The van der Waals surface area contributed by atoms with Crippen LogP contribution in [0, 0.1) is 0 Å². The van der Waals surface area contributed by atoms with Gasteiger partial charge in [0.15, 0.2) is 0 Å². The molecule has 3 aromatic rings. The SMILES string of the molecule is O=C(OCCOCCN1CCCCCC1)c1ccccc1Nc1ccnc2cc(C(F)(F)F)ccc12. The zero-order valence-corrected chi connectivity index (χ0v) is 20.0. The number of hydrogen-bond donors (Lipinski definition) is 1. The molecule has 0 unspecified atom stereocenters. The fourth-order valence-corrected chi connectivity index (χ4v) is 4.28. The predicted octanol–water partition coefficient (Wildman–Crippen LogP) is 6.05. The van der Waals surface area contributed by atoms with E-state index in [0.29, 0.717) is 35.5 Å². The molecule has 0 atom stereocenters. The summed E-state index contributed by atoms with van der Waals surface area (Å²) < 4.78 is 50.3. The molecule has 36 heavy (non-hydrogen) atoms. The number of ether oxygens (including phenoxy) is 2. The predicted molar refractivity (Wildman–Crippen MR) is 132 cm³/mol. The number of alkyl halides is 3. The van der Waals surface area contributed by atoms with Gasteiger partial charge in [-0.3, -0.25) is 4.98 Å². The molecule has 0 radical (unpaired) electrons. The second-order valence-electron chi connectivity index (χ2n) is 8.76. The van der Waals surface area contributed by atoms with Gasteiger partial charge in [-0.2, -0.15) is 13.2 Å². The van der Waals surface area contributed by atoms with Crippen molar-refractivity contribution in [3.05, 3.63) is 65.9 Å². The van der Waals surface area contributed by atoms with Crippen molar-refractivity contribution in [2.24, 2.45) is 0 Å². The van der Waals surface area contributed by atoms with Crippen LogP contribution in [0.5, 0.6) is 0 Å². The van der Waals surface area contributed by atoms with Gasteiger partial charge in [0, 0.05) is 23.8 Å². The van der Waals surface area contributed by atoms with Crippen LogP contribution in [0.3, 0.4) is 0 Å². The topological polar surface area (TPSA) is 63.7 Å². The van der Waals surface area contributed by atoms with E-state index in [1.54, 1.807) is 30.3 Å². The molecule has 1 aromatic heterocycles. The molecule has 6 nitrogen and oxygen atoms in total. The Kier molecular flexibility index (Phi) is 8.77. The lowest BCUT2D eigenvalue weighted by atomic mass is 10.1. The van der Waals surface area contributed by atoms with Crippen LogP contribution in [-0.4, -0.2) is 55.3 Å². The number of rotatable bonds is 9. The largest absolute Gasteiger partial charge is 0.460 e. The maximum absolute atomic E-state index is 13.1. The summed E-state index contributed by atoms with van der Waals surface area (Å²) in [6.45, 7) is 4.14. The third-order valence-electron chi connectivity index (χ3n) is 6.20. The smallest absolute Gasteiger partial charge is 0.416 e. The minimum Gasteiger partial charge on any atom is -0.460 e. The molecule has 0 bridgehead atoms. The third-order valence-corrected chi connectivity index (χ3v) is 6.20. The molecule has 0 amide bonds. The molecular formula is C27H30F3N3O3. The first-order valence-electron chi connectivity index (χ1n) is 12.2. The fourth-order valence-electron chi connectivity index (χ4n) is 4.28. The molecule has 1 N–H and O–H groups in total. The van der Waals surface area contributed by atoms with Crippen molar-refractivity contribution >= 4 is 28.2 Å². The zero-order valence-electron chi connectivity index (χ0n) is 20.0. The van der Waals surface area contributed by atoms with Crippen molar-refractivity contribution in [3.8, 4) is 0 Å². The van der Waals surface area contributed by atoms with E-state index in [1.165, 1.54) is 37.9 Å². The number of halogens is 3. The maximum Gasteiger partial charge on any atom is 0.416 e. The number of pyridine rings is 1. The number of esters is 1. The molecule has 192 valence electrons. The Hall–Kier alpha value is -3.17. The van der Waals surface area contributed by atoms with E-state index in [4.69, 9.17) is 9.47 Å². The van der Waals surface area contributed by atoms with Gasteiger partial charge in [0.2, 0.25) is 0 Å². The lowest BCUT2D eigenvalue weighted by molar-refractivity contribution is -0.137. The highest BCUT2D eigenvalue weighted by atomic mass is 19.4. The molecule has 2 aromatic carbocycles. The number of nitrogens with one attached hydrogen (secondary N) is 1. The minimum absolute atomic E-state index is 0.131. The van der Waals surface area contributed by atoms with Crippen molar-refractivity contribution in [2.75, 3.05) is 44.8 Å². The standard InChI is InChI=1S/C27H30F3N3O3/c28-27(29,30)20-9-10-21-24(11-12-31-25(21)19-20)32-23-8-4-3-7-22(23)26(34)36-18-17-35-16-15-33-13-5-1-2-6-14-33/h3-4,7-12,19H,1-2,5-6,13-18H2,(H,31,32). The summed E-state index contributed by atoms with van der Waals surface area (Å²) in [5.41, 5.74) is 0.770. The number of hydrogen-bond acceptors (Lipinski definition) is 6. The Morgan fingerprint density at radius 3 is 2.50 bits per heavy atom. The molecule has 2 heterocycles. The van der Waals surface area contributed by atoms with E-state index >= 15 is 0 Å². The molecule has 1 aliphatic rings. The lowest BCUT2D eigenvalue weighted by Crippen LogP contribution is -2.29. The molecule has 0 aliphatic carbocycles. The van der Waals surface area contributed by atoms with Gasteiger partial charge in [-0.1, -0.05) is 31.0 Å². The number of anilines is 2. The van der Waals surface area contributed by atoms with Crippen molar-refractivity contribution < 1.29 is 27.4 Å². The molecule has 0 spiro atoms. The van der Waals surface area contributed by atoms with E-state index in [-0.39, 0.29) is 12.1 Å². The second kappa shape index (κ2) is 12.2. The molecule has 1 saturated heterocycles. The zero-order chi connectivity index (χ0) is 25.4. The Bertz CT molecular complexity index is 1160. The Labute approximate surface area is 208 Å². The van der Waals surface area contributed by atoms with Gasteiger partial charge in [0.25, 0.3) is 0 Å². The number of likely N-dealkylation sites (tertiary alicyclic amines) is 1. The highest BCUT2D eigenvalue weighted by molar-refractivity contribution is 5.99. The second-order valence-corrected chi connectivity index (χ2v) is 8.76. The average molecular weight is 502 g/mol. The van der Waals surface area contributed by atoms with Crippen LogP contribution in [0.1, 0.15) is 41.6 Å². The van der Waals surface area contributed by atoms with Crippen LogP contribution >= 0.6 is 0 Å². The van der Waals surface area contributed by atoms with Gasteiger partial charge in [-0.15, -0.1) is 0 Å². The first-order chi connectivity index (χ1) is 17.4. The van der Waals surface area contributed by atoms with Crippen LogP contribution in [0.25, 0.3) is 10.9 Å². The van der Waals surface area contributed by atoms with Crippen LogP contribution in [0.4, 0.5) is 24.5 Å². The number of nitrogens with zero attached hydrogens (tertiary/aromatic N) is 2. The number of benzene rings is 2. The number of carbonyl (C=O) groups is 1. The number of fused-ring (bicyclic) bond motifs is 1. The van der Waals surface area contributed by atoms with Crippen LogP contribution in [-0.2, 0) is 15.7 Å². The van der Waals surface area contributed by atoms with Gasteiger partial charge in [0.1, 0.15) is 6.61 Å². The number of carbonyl (C=O) groups excluding carboxylic acids is 1. The summed E-state index contributed by atoms with van der Waals surface area (Å²) in [7, 11) is 0. The van der Waals surface area contributed by atoms with Gasteiger partial charge >= 0.3 is 12.1 Å². The van der Waals surface area contributed by atoms with Crippen molar-refractivity contribution in [1.82, 2.24) is 9.88 Å². The quantitative estimate of drug-likeness (QED) is 0.285. The molecule has 0 saturated carbocycles.